The largest absolute Gasteiger partial charge is 0.494 e. The van der Waals surface area contributed by atoms with Crippen molar-refractivity contribution in [2.45, 2.75) is 32.6 Å². The summed E-state index contributed by atoms with van der Waals surface area (Å²) >= 11 is 1.52. The number of nitrogens with one attached hydrogen (secondary N) is 1. The third-order valence-corrected chi connectivity index (χ3v) is 5.37. The predicted molar refractivity (Wildman–Crippen MR) is 106 cm³/mol. The zero-order chi connectivity index (χ0) is 19.1. The highest BCUT2D eigenvalue weighted by molar-refractivity contribution is 7.13. The van der Waals surface area contributed by atoms with Crippen LogP contribution in [-0.2, 0) is 16.0 Å². The predicted octanol–water partition coefficient (Wildman–Crippen LogP) is 2.88. The summed E-state index contributed by atoms with van der Waals surface area (Å²) in [5.74, 6) is 0.855. The van der Waals surface area contributed by atoms with Crippen LogP contribution in [0.5, 0.6) is 5.75 Å². The van der Waals surface area contributed by atoms with Crippen LogP contribution in [0.15, 0.2) is 29.6 Å². The second kappa shape index (κ2) is 9.50. The molecule has 2 heterocycles. The molecule has 1 aliphatic rings. The van der Waals surface area contributed by atoms with E-state index in [4.69, 9.17) is 4.74 Å². The number of thiazole rings is 1. The lowest BCUT2D eigenvalue weighted by atomic mass is 10.2. The maximum atomic E-state index is 12.1. The fraction of sp³-hybridized carbons (Fsp3) is 0.450. The number of benzene rings is 1. The molecule has 7 heteroatoms. The van der Waals surface area contributed by atoms with Gasteiger partial charge < -0.3 is 15.0 Å². The van der Waals surface area contributed by atoms with E-state index >= 15 is 0 Å². The van der Waals surface area contributed by atoms with Crippen molar-refractivity contribution >= 4 is 23.2 Å². The quantitative estimate of drug-likeness (QED) is 0.756. The molecule has 27 heavy (non-hydrogen) atoms. The molecule has 1 saturated heterocycles. The van der Waals surface area contributed by atoms with Crippen molar-refractivity contribution in [1.29, 1.82) is 0 Å². The average molecular weight is 388 g/mol. The second-order valence-electron chi connectivity index (χ2n) is 6.47. The summed E-state index contributed by atoms with van der Waals surface area (Å²) in [4.78, 5) is 30.5. The molecule has 1 aliphatic heterocycles. The molecule has 1 aromatic heterocycles. The summed E-state index contributed by atoms with van der Waals surface area (Å²) in [5, 5.41) is 5.60. The summed E-state index contributed by atoms with van der Waals surface area (Å²) in [7, 11) is 0. The van der Waals surface area contributed by atoms with Crippen LogP contribution in [0, 0.1) is 0 Å². The van der Waals surface area contributed by atoms with E-state index in [1.54, 1.807) is 0 Å². The Hall–Kier alpha value is -2.41. The Labute approximate surface area is 163 Å². The number of nitrogens with zero attached hydrogens (tertiary/aromatic N) is 2. The molecule has 1 N–H and O–H groups in total. The van der Waals surface area contributed by atoms with Crippen molar-refractivity contribution in [3.63, 3.8) is 0 Å². The summed E-state index contributed by atoms with van der Waals surface area (Å²) in [6.45, 7) is 4.66. The van der Waals surface area contributed by atoms with E-state index in [0.717, 1.165) is 47.9 Å². The van der Waals surface area contributed by atoms with E-state index in [1.807, 2.05) is 41.5 Å². The van der Waals surface area contributed by atoms with Gasteiger partial charge in [0.05, 0.1) is 18.7 Å². The van der Waals surface area contributed by atoms with Gasteiger partial charge in [0.15, 0.2) is 0 Å². The molecular weight excluding hydrogens is 362 g/mol. The van der Waals surface area contributed by atoms with Crippen LogP contribution in [0.4, 0.5) is 0 Å². The minimum Gasteiger partial charge on any atom is -0.494 e. The van der Waals surface area contributed by atoms with Crippen molar-refractivity contribution in [3.05, 3.63) is 35.3 Å². The standard InChI is InChI=1S/C20H25N3O3S/c1-2-26-17-7-5-15(6-8-17)20-22-16(14-27-20)13-18(24)21-10-9-19(25)23-11-3-4-12-23/h5-8,14H,2-4,9-13H2,1H3,(H,21,24). The van der Waals surface area contributed by atoms with Gasteiger partial charge in [-0.05, 0) is 44.0 Å². The average Bonchev–Trinajstić information content (AvgIpc) is 3.34. The van der Waals surface area contributed by atoms with E-state index in [9.17, 15) is 9.59 Å². The summed E-state index contributed by atoms with van der Waals surface area (Å²) < 4.78 is 5.44. The fourth-order valence-electron chi connectivity index (χ4n) is 3.04. The number of amides is 2. The van der Waals surface area contributed by atoms with Crippen molar-refractivity contribution in [2.24, 2.45) is 0 Å². The van der Waals surface area contributed by atoms with Gasteiger partial charge in [0.2, 0.25) is 11.8 Å². The highest BCUT2D eigenvalue weighted by Crippen LogP contribution is 2.26. The first kappa shape index (κ1) is 19.4. The fourth-order valence-corrected chi connectivity index (χ4v) is 3.87. The van der Waals surface area contributed by atoms with Gasteiger partial charge in [0.25, 0.3) is 0 Å². The molecule has 1 aromatic carbocycles. The molecule has 0 aliphatic carbocycles. The topological polar surface area (TPSA) is 71.5 Å². The number of ether oxygens (including phenoxy) is 1. The molecule has 2 aromatic rings. The Balaban J connectivity index is 1.45. The Morgan fingerprint density at radius 3 is 2.67 bits per heavy atom. The Morgan fingerprint density at radius 2 is 1.96 bits per heavy atom. The van der Waals surface area contributed by atoms with Crippen molar-refractivity contribution in [2.75, 3.05) is 26.2 Å². The molecule has 3 rings (SSSR count). The first-order valence-corrected chi connectivity index (χ1v) is 10.3. The molecule has 6 nitrogen and oxygen atoms in total. The van der Waals surface area contributed by atoms with Gasteiger partial charge in [-0.3, -0.25) is 9.59 Å². The van der Waals surface area contributed by atoms with Crippen molar-refractivity contribution < 1.29 is 14.3 Å². The molecule has 0 spiro atoms. The highest BCUT2D eigenvalue weighted by atomic mass is 32.1. The van der Waals surface area contributed by atoms with Gasteiger partial charge in [-0.2, -0.15) is 0 Å². The van der Waals surface area contributed by atoms with E-state index in [2.05, 4.69) is 10.3 Å². The summed E-state index contributed by atoms with van der Waals surface area (Å²) in [6, 6.07) is 7.78. The lowest BCUT2D eigenvalue weighted by Gasteiger charge is -2.15. The van der Waals surface area contributed by atoms with Crippen LogP contribution >= 0.6 is 11.3 Å². The molecule has 0 unspecified atom stereocenters. The number of aromatic nitrogens is 1. The zero-order valence-electron chi connectivity index (χ0n) is 15.6. The minimum absolute atomic E-state index is 0.104. The van der Waals surface area contributed by atoms with E-state index in [0.29, 0.717) is 19.6 Å². The first-order valence-electron chi connectivity index (χ1n) is 9.38. The van der Waals surface area contributed by atoms with Gasteiger partial charge in [-0.15, -0.1) is 11.3 Å². The van der Waals surface area contributed by atoms with Gasteiger partial charge in [-0.1, -0.05) is 0 Å². The lowest BCUT2D eigenvalue weighted by Crippen LogP contribution is -2.33. The Bertz CT molecular complexity index is 767. The molecule has 0 saturated carbocycles. The van der Waals surface area contributed by atoms with E-state index in [-0.39, 0.29) is 18.2 Å². The van der Waals surface area contributed by atoms with Crippen LogP contribution in [0.3, 0.4) is 0 Å². The number of likely N-dealkylation sites (tertiary alicyclic amines) is 1. The lowest BCUT2D eigenvalue weighted by molar-refractivity contribution is -0.130. The number of carbonyl (C=O) groups is 2. The van der Waals surface area contributed by atoms with Crippen LogP contribution in [0.2, 0.25) is 0 Å². The normalized spacial score (nSPS) is 13.6. The number of hydrogen-bond donors (Lipinski definition) is 1. The number of carbonyl (C=O) groups excluding carboxylic acids is 2. The van der Waals surface area contributed by atoms with Crippen molar-refractivity contribution in [1.82, 2.24) is 15.2 Å². The zero-order valence-corrected chi connectivity index (χ0v) is 16.4. The van der Waals surface area contributed by atoms with Crippen molar-refractivity contribution in [3.8, 4) is 16.3 Å². The third kappa shape index (κ3) is 5.53. The van der Waals surface area contributed by atoms with Gasteiger partial charge in [0, 0.05) is 37.0 Å². The van der Waals surface area contributed by atoms with E-state index < -0.39 is 0 Å². The van der Waals surface area contributed by atoms with Gasteiger partial charge in [0.1, 0.15) is 10.8 Å². The van der Waals surface area contributed by atoms with Crippen LogP contribution in [0.1, 0.15) is 31.9 Å². The monoisotopic (exact) mass is 387 g/mol. The molecule has 144 valence electrons. The summed E-state index contributed by atoms with van der Waals surface area (Å²) in [5.41, 5.74) is 1.75. The summed E-state index contributed by atoms with van der Waals surface area (Å²) in [6.07, 6.45) is 2.75. The third-order valence-electron chi connectivity index (χ3n) is 4.43. The molecule has 2 amide bonds. The Kier molecular flexibility index (Phi) is 6.81. The number of hydrogen-bond acceptors (Lipinski definition) is 5. The molecular formula is C20H25N3O3S. The smallest absolute Gasteiger partial charge is 0.226 e. The molecule has 0 bridgehead atoms. The highest BCUT2D eigenvalue weighted by Gasteiger charge is 2.17. The van der Waals surface area contributed by atoms with E-state index in [1.165, 1.54) is 11.3 Å². The maximum Gasteiger partial charge on any atom is 0.226 e. The van der Waals surface area contributed by atoms with Crippen LogP contribution in [0.25, 0.3) is 10.6 Å². The van der Waals surface area contributed by atoms with Crippen LogP contribution < -0.4 is 10.1 Å². The van der Waals surface area contributed by atoms with Gasteiger partial charge >= 0.3 is 0 Å². The number of rotatable bonds is 8. The maximum absolute atomic E-state index is 12.1. The first-order chi connectivity index (χ1) is 13.2. The molecule has 0 radical (unpaired) electrons. The SMILES string of the molecule is CCOc1ccc(-c2nc(CC(=O)NCCC(=O)N3CCCC3)cs2)cc1. The van der Waals surface area contributed by atoms with Gasteiger partial charge in [-0.25, -0.2) is 4.98 Å². The molecule has 0 atom stereocenters. The molecule has 1 fully saturated rings. The van der Waals surface area contributed by atoms with Crippen LogP contribution in [-0.4, -0.2) is 47.9 Å². The Morgan fingerprint density at radius 1 is 1.22 bits per heavy atom. The minimum atomic E-state index is -0.104. The second-order valence-corrected chi connectivity index (χ2v) is 7.32.